The number of phenols is 1. The Morgan fingerprint density at radius 1 is 1.00 bits per heavy atom. The zero-order valence-corrected chi connectivity index (χ0v) is 18.6. The van der Waals surface area contributed by atoms with Gasteiger partial charge in [0, 0.05) is 29.3 Å². The topological polar surface area (TPSA) is 47.3 Å². The van der Waals surface area contributed by atoms with Gasteiger partial charge >= 0.3 is 6.18 Å². The van der Waals surface area contributed by atoms with Gasteiger partial charge in [0.15, 0.2) is 5.69 Å². The molecule has 1 aromatic heterocycles. The van der Waals surface area contributed by atoms with Gasteiger partial charge in [-0.3, -0.25) is 4.68 Å². The molecule has 4 rings (SSSR count). The molecule has 0 fully saturated rings. The molecular formula is C25H20ClF3N2O2. The number of ether oxygens (including phenoxy) is 1. The van der Waals surface area contributed by atoms with Crippen LogP contribution in [0.4, 0.5) is 13.2 Å². The molecule has 0 spiro atoms. The minimum Gasteiger partial charge on any atom is -0.507 e. The van der Waals surface area contributed by atoms with E-state index in [9.17, 15) is 18.3 Å². The molecule has 0 aliphatic carbocycles. The Kier molecular flexibility index (Phi) is 6.08. The SMILES string of the molecule is Cc1ccc(-c2c(-c3ccc(OCc4ccc(Cl)cc4)cc3O)nn(C)c2C(F)(F)F)cc1. The largest absolute Gasteiger partial charge is 0.507 e. The molecule has 4 aromatic rings. The molecule has 0 bridgehead atoms. The summed E-state index contributed by atoms with van der Waals surface area (Å²) >= 11 is 5.88. The molecule has 3 aromatic carbocycles. The van der Waals surface area contributed by atoms with Gasteiger partial charge in [0.1, 0.15) is 23.8 Å². The Morgan fingerprint density at radius 3 is 2.27 bits per heavy atom. The van der Waals surface area contributed by atoms with Crippen LogP contribution in [0.1, 0.15) is 16.8 Å². The molecule has 0 aliphatic heterocycles. The number of halogens is 4. The van der Waals surface area contributed by atoms with Crippen LogP contribution in [-0.2, 0) is 19.8 Å². The summed E-state index contributed by atoms with van der Waals surface area (Å²) in [6.45, 7) is 2.10. The van der Waals surface area contributed by atoms with E-state index in [0.29, 0.717) is 16.3 Å². The van der Waals surface area contributed by atoms with Crippen LogP contribution >= 0.6 is 11.6 Å². The van der Waals surface area contributed by atoms with E-state index in [-0.39, 0.29) is 29.2 Å². The normalized spacial score (nSPS) is 11.6. The number of nitrogens with zero attached hydrogens (tertiary/aromatic N) is 2. The lowest BCUT2D eigenvalue weighted by Gasteiger charge is -2.12. The molecule has 0 radical (unpaired) electrons. The molecule has 8 heteroatoms. The molecule has 0 saturated carbocycles. The molecule has 0 atom stereocenters. The third-order valence-electron chi connectivity index (χ3n) is 5.20. The second-order valence-electron chi connectivity index (χ2n) is 7.65. The predicted octanol–water partition coefficient (Wildman–Crippen LogP) is 7.02. The summed E-state index contributed by atoms with van der Waals surface area (Å²) in [6, 6.07) is 18.3. The first kappa shape index (κ1) is 22.7. The van der Waals surface area contributed by atoms with Crippen molar-refractivity contribution in [2.24, 2.45) is 7.05 Å². The van der Waals surface area contributed by atoms with Gasteiger partial charge in [-0.25, -0.2) is 0 Å². The van der Waals surface area contributed by atoms with Gasteiger partial charge < -0.3 is 9.84 Å². The molecular weight excluding hydrogens is 453 g/mol. The van der Waals surface area contributed by atoms with Crippen molar-refractivity contribution >= 4 is 11.6 Å². The highest BCUT2D eigenvalue weighted by atomic mass is 35.5. The molecule has 0 aliphatic rings. The van der Waals surface area contributed by atoms with Crippen molar-refractivity contribution in [2.45, 2.75) is 19.7 Å². The lowest BCUT2D eigenvalue weighted by Crippen LogP contribution is -2.13. The van der Waals surface area contributed by atoms with E-state index in [1.807, 2.05) is 19.1 Å². The molecule has 1 heterocycles. The van der Waals surface area contributed by atoms with Gasteiger partial charge in [-0.05, 0) is 42.3 Å². The van der Waals surface area contributed by atoms with E-state index in [4.69, 9.17) is 16.3 Å². The van der Waals surface area contributed by atoms with E-state index < -0.39 is 11.9 Å². The summed E-state index contributed by atoms with van der Waals surface area (Å²) in [7, 11) is 1.24. The van der Waals surface area contributed by atoms with Crippen LogP contribution in [0, 0.1) is 6.92 Å². The van der Waals surface area contributed by atoms with Gasteiger partial charge in [0.05, 0.1) is 0 Å². The summed E-state index contributed by atoms with van der Waals surface area (Å²) in [6.07, 6.45) is -4.63. The lowest BCUT2D eigenvalue weighted by atomic mass is 9.97. The molecule has 1 N–H and O–H groups in total. The van der Waals surface area contributed by atoms with Crippen LogP contribution < -0.4 is 4.74 Å². The Balaban J connectivity index is 1.72. The standard InChI is InChI=1S/C25H20ClF3N2O2/c1-15-3-7-17(8-4-15)22-23(30-31(2)24(22)25(27,28)29)20-12-11-19(13-21(20)32)33-14-16-5-9-18(26)10-6-16/h3-13,32H,14H2,1-2H3. The van der Waals surface area contributed by atoms with E-state index in [2.05, 4.69) is 5.10 Å². The van der Waals surface area contributed by atoms with Gasteiger partial charge in [0.25, 0.3) is 0 Å². The average molecular weight is 473 g/mol. The Labute approximate surface area is 193 Å². The van der Waals surface area contributed by atoms with Gasteiger partial charge in [-0.15, -0.1) is 0 Å². The molecule has 0 unspecified atom stereocenters. The van der Waals surface area contributed by atoms with Crippen LogP contribution in [0.25, 0.3) is 22.4 Å². The quantitative estimate of drug-likeness (QED) is 0.339. The summed E-state index contributed by atoms with van der Waals surface area (Å²) in [5.74, 6) is 0.138. The highest BCUT2D eigenvalue weighted by Gasteiger charge is 2.40. The number of alkyl halides is 3. The Bertz CT molecular complexity index is 1280. The number of benzene rings is 3. The summed E-state index contributed by atoms with van der Waals surface area (Å²) in [4.78, 5) is 0. The van der Waals surface area contributed by atoms with Crippen LogP contribution in [0.5, 0.6) is 11.5 Å². The van der Waals surface area contributed by atoms with Crippen molar-refractivity contribution in [1.29, 1.82) is 0 Å². The van der Waals surface area contributed by atoms with Crippen molar-refractivity contribution < 1.29 is 23.0 Å². The van der Waals surface area contributed by atoms with E-state index in [1.165, 1.54) is 19.2 Å². The first-order valence-electron chi connectivity index (χ1n) is 10.1. The van der Waals surface area contributed by atoms with Crippen LogP contribution in [0.3, 0.4) is 0 Å². The second-order valence-corrected chi connectivity index (χ2v) is 8.09. The first-order chi connectivity index (χ1) is 15.6. The van der Waals surface area contributed by atoms with Crippen molar-refractivity contribution in [3.63, 3.8) is 0 Å². The molecule has 170 valence electrons. The first-order valence-corrected chi connectivity index (χ1v) is 10.4. The number of phenolic OH excluding ortho intramolecular Hbond substituents is 1. The highest BCUT2D eigenvalue weighted by molar-refractivity contribution is 6.30. The summed E-state index contributed by atoms with van der Waals surface area (Å²) in [5, 5.41) is 15.4. The maximum absolute atomic E-state index is 13.9. The van der Waals surface area contributed by atoms with Crippen LogP contribution in [0.15, 0.2) is 66.7 Å². The van der Waals surface area contributed by atoms with E-state index in [1.54, 1.807) is 42.5 Å². The zero-order chi connectivity index (χ0) is 23.8. The fourth-order valence-corrected chi connectivity index (χ4v) is 3.71. The third kappa shape index (κ3) is 4.83. The van der Waals surface area contributed by atoms with Crippen molar-refractivity contribution in [3.05, 3.63) is 88.6 Å². The third-order valence-corrected chi connectivity index (χ3v) is 5.45. The van der Waals surface area contributed by atoms with Gasteiger partial charge in [0.2, 0.25) is 0 Å². The smallest absolute Gasteiger partial charge is 0.433 e. The monoisotopic (exact) mass is 472 g/mol. The van der Waals surface area contributed by atoms with E-state index >= 15 is 0 Å². The van der Waals surface area contributed by atoms with E-state index in [0.717, 1.165) is 15.8 Å². The number of aryl methyl sites for hydroxylation is 2. The summed E-state index contributed by atoms with van der Waals surface area (Å²) < 4.78 is 48.2. The minimum absolute atomic E-state index is 0.0374. The van der Waals surface area contributed by atoms with Gasteiger partial charge in [-0.2, -0.15) is 18.3 Å². The van der Waals surface area contributed by atoms with Crippen molar-refractivity contribution in [1.82, 2.24) is 9.78 Å². The molecule has 33 heavy (non-hydrogen) atoms. The lowest BCUT2D eigenvalue weighted by molar-refractivity contribution is -0.143. The van der Waals surface area contributed by atoms with Crippen molar-refractivity contribution in [3.8, 4) is 33.9 Å². The number of aromatic hydroxyl groups is 1. The fraction of sp³-hybridized carbons (Fsp3) is 0.160. The highest BCUT2D eigenvalue weighted by Crippen LogP contribution is 2.44. The Morgan fingerprint density at radius 2 is 1.67 bits per heavy atom. The zero-order valence-electron chi connectivity index (χ0n) is 17.8. The number of aromatic nitrogens is 2. The number of hydrogen-bond donors (Lipinski definition) is 1. The molecule has 0 amide bonds. The number of rotatable bonds is 5. The van der Waals surface area contributed by atoms with Gasteiger partial charge in [-0.1, -0.05) is 53.6 Å². The number of hydrogen-bond acceptors (Lipinski definition) is 3. The maximum Gasteiger partial charge on any atom is 0.433 e. The average Bonchev–Trinajstić information content (AvgIpc) is 3.11. The Hall–Kier alpha value is -3.45. The minimum atomic E-state index is -4.63. The van der Waals surface area contributed by atoms with Crippen LogP contribution in [-0.4, -0.2) is 14.9 Å². The molecule has 0 saturated heterocycles. The predicted molar refractivity (Wildman–Crippen MR) is 121 cm³/mol. The van der Waals surface area contributed by atoms with Crippen molar-refractivity contribution in [2.75, 3.05) is 0 Å². The maximum atomic E-state index is 13.9. The summed E-state index contributed by atoms with van der Waals surface area (Å²) in [5.41, 5.74) is 1.40. The molecule has 4 nitrogen and oxygen atoms in total. The van der Waals surface area contributed by atoms with Crippen LogP contribution in [0.2, 0.25) is 5.02 Å². The fourth-order valence-electron chi connectivity index (χ4n) is 3.58. The second kappa shape index (κ2) is 8.83.